The summed E-state index contributed by atoms with van der Waals surface area (Å²) >= 11 is 0. The Balaban J connectivity index is 0.00000196. The highest BCUT2D eigenvalue weighted by molar-refractivity contribution is 5.86. The van der Waals surface area contributed by atoms with Crippen molar-refractivity contribution < 1.29 is 4.79 Å². The lowest BCUT2D eigenvalue weighted by atomic mass is 9.94. The zero-order valence-electron chi connectivity index (χ0n) is 22.8. The Labute approximate surface area is 257 Å². The molecule has 0 aliphatic carbocycles. The van der Waals surface area contributed by atoms with Gasteiger partial charge in [-0.15, -0.1) is 37.2 Å². The first-order valence-electron chi connectivity index (χ1n) is 12.7. The van der Waals surface area contributed by atoms with E-state index in [0.29, 0.717) is 37.6 Å². The van der Waals surface area contributed by atoms with Crippen molar-refractivity contribution in [3.8, 4) is 0 Å². The van der Waals surface area contributed by atoms with Gasteiger partial charge in [0.2, 0.25) is 5.91 Å². The molecule has 9 nitrogen and oxygen atoms in total. The number of anilines is 2. The van der Waals surface area contributed by atoms with Gasteiger partial charge >= 0.3 is 0 Å². The van der Waals surface area contributed by atoms with Crippen molar-refractivity contribution >= 4 is 54.8 Å². The Hall–Kier alpha value is -3.66. The highest BCUT2D eigenvalue weighted by Gasteiger charge is 2.31. The third-order valence-electron chi connectivity index (χ3n) is 7.08. The number of nitrogen functional groups attached to an aromatic ring is 1. The molecule has 0 bridgehead atoms. The molecule has 4 aromatic rings. The van der Waals surface area contributed by atoms with Gasteiger partial charge in [0, 0.05) is 55.5 Å². The lowest BCUT2D eigenvalue weighted by Crippen LogP contribution is -2.39. The number of pyridine rings is 2. The molecule has 0 fully saturated rings. The van der Waals surface area contributed by atoms with Gasteiger partial charge < -0.3 is 16.0 Å². The van der Waals surface area contributed by atoms with Crippen molar-refractivity contribution in [1.82, 2.24) is 24.8 Å². The standard InChI is InChI=1S/C29H31N7O2.3ClH/c1-19-21(11-14-26(30)34-19)16-33-28(37)25-13-12-22-17-32-27(29(38)36(22)25)35(2)18-23(20-8-4-3-5-9-20)24-10-6-7-15-31-24;;;/h3-11,14-15,17,23,25H,12-13,16,18H2,1-2H3,(H2,30,34)(H,33,37);3*1H/t23?,25-;;;/m0.../s1. The summed E-state index contributed by atoms with van der Waals surface area (Å²) in [4.78, 5) is 42.1. The number of rotatable bonds is 8. The number of hydrogen-bond acceptors (Lipinski definition) is 7. The summed E-state index contributed by atoms with van der Waals surface area (Å²) in [5, 5.41) is 2.97. The van der Waals surface area contributed by atoms with Gasteiger partial charge in [-0.25, -0.2) is 9.97 Å². The molecule has 4 heterocycles. The molecule has 0 saturated carbocycles. The summed E-state index contributed by atoms with van der Waals surface area (Å²) in [6.07, 6.45) is 4.66. The van der Waals surface area contributed by atoms with Crippen molar-refractivity contribution in [3.05, 3.63) is 112 Å². The monoisotopic (exact) mass is 617 g/mol. The molecule has 1 aliphatic heterocycles. The first-order chi connectivity index (χ1) is 18.4. The number of aryl methyl sites for hydroxylation is 2. The second kappa shape index (κ2) is 14.8. The Morgan fingerprint density at radius 1 is 1.07 bits per heavy atom. The largest absolute Gasteiger partial charge is 0.384 e. The summed E-state index contributed by atoms with van der Waals surface area (Å²) in [7, 11) is 1.86. The van der Waals surface area contributed by atoms with Crippen molar-refractivity contribution in [3.63, 3.8) is 0 Å². The maximum Gasteiger partial charge on any atom is 0.294 e. The molecule has 1 aliphatic rings. The molecule has 0 saturated heterocycles. The van der Waals surface area contributed by atoms with Crippen LogP contribution in [0.25, 0.3) is 0 Å². The summed E-state index contributed by atoms with van der Waals surface area (Å²) in [6.45, 7) is 2.68. The Bertz CT molecular complexity index is 1460. The minimum Gasteiger partial charge on any atom is -0.384 e. The number of nitrogens with zero attached hydrogens (tertiary/aromatic N) is 5. The average molecular weight is 619 g/mol. The second-order valence-electron chi connectivity index (χ2n) is 9.60. The van der Waals surface area contributed by atoms with E-state index in [-0.39, 0.29) is 54.6 Å². The molecule has 0 spiro atoms. The highest BCUT2D eigenvalue weighted by atomic mass is 35.5. The molecule has 3 aromatic heterocycles. The topological polar surface area (TPSA) is 119 Å². The van der Waals surface area contributed by atoms with E-state index in [9.17, 15) is 9.59 Å². The van der Waals surface area contributed by atoms with Crippen molar-refractivity contribution in [2.75, 3.05) is 24.2 Å². The van der Waals surface area contributed by atoms with Crippen LogP contribution < -0.4 is 21.5 Å². The van der Waals surface area contributed by atoms with Crippen LogP contribution in [0.3, 0.4) is 0 Å². The lowest BCUT2D eigenvalue weighted by Gasteiger charge is -2.25. The number of carbonyl (C=O) groups excluding carboxylic acids is 1. The van der Waals surface area contributed by atoms with Crippen LogP contribution in [-0.4, -0.2) is 39.0 Å². The van der Waals surface area contributed by atoms with Crippen LogP contribution >= 0.6 is 37.2 Å². The van der Waals surface area contributed by atoms with Gasteiger partial charge in [-0.2, -0.15) is 0 Å². The van der Waals surface area contributed by atoms with Gasteiger partial charge in [-0.1, -0.05) is 42.5 Å². The van der Waals surface area contributed by atoms with Gasteiger partial charge in [0.1, 0.15) is 11.9 Å². The summed E-state index contributed by atoms with van der Waals surface area (Å²) < 4.78 is 1.60. The number of nitrogens with one attached hydrogen (secondary N) is 1. The minimum atomic E-state index is -0.588. The number of carbonyl (C=O) groups is 1. The molecule has 12 heteroatoms. The first kappa shape index (κ1) is 33.5. The number of aromatic nitrogens is 4. The third-order valence-corrected chi connectivity index (χ3v) is 7.08. The quantitative estimate of drug-likeness (QED) is 0.303. The molecule has 41 heavy (non-hydrogen) atoms. The molecule has 218 valence electrons. The maximum atomic E-state index is 13.7. The number of nitrogens with two attached hydrogens (primary N) is 1. The van der Waals surface area contributed by atoms with E-state index in [1.165, 1.54) is 0 Å². The second-order valence-corrected chi connectivity index (χ2v) is 9.60. The van der Waals surface area contributed by atoms with Crippen LogP contribution in [0.15, 0.2) is 77.9 Å². The maximum absolute atomic E-state index is 13.7. The smallest absolute Gasteiger partial charge is 0.294 e. The van der Waals surface area contributed by atoms with Crippen LogP contribution in [0.1, 0.15) is 46.6 Å². The molecule has 0 radical (unpaired) electrons. The Kier molecular flexibility index (Phi) is 12.1. The number of fused-ring (bicyclic) bond motifs is 1. The summed E-state index contributed by atoms with van der Waals surface area (Å²) in [5.41, 5.74) is 9.91. The van der Waals surface area contributed by atoms with Gasteiger partial charge in [0.25, 0.3) is 5.56 Å². The zero-order valence-corrected chi connectivity index (χ0v) is 25.2. The Morgan fingerprint density at radius 2 is 1.80 bits per heavy atom. The third kappa shape index (κ3) is 7.35. The van der Waals surface area contributed by atoms with Crippen LogP contribution in [-0.2, 0) is 17.8 Å². The number of likely N-dealkylation sites (N-methyl/N-ethyl adjacent to an activating group) is 1. The summed E-state index contributed by atoms with van der Waals surface area (Å²) in [5.74, 6) is 0.495. The van der Waals surface area contributed by atoms with Crippen molar-refractivity contribution in [1.29, 1.82) is 0 Å². The molecule has 5 rings (SSSR count). The number of halogens is 3. The fourth-order valence-corrected chi connectivity index (χ4v) is 5.04. The number of benzene rings is 1. The van der Waals surface area contributed by atoms with Gasteiger partial charge in [-0.05, 0) is 49.1 Å². The van der Waals surface area contributed by atoms with E-state index < -0.39 is 6.04 Å². The van der Waals surface area contributed by atoms with Crippen LogP contribution in [0, 0.1) is 6.92 Å². The Morgan fingerprint density at radius 3 is 2.49 bits per heavy atom. The highest BCUT2D eigenvalue weighted by Crippen LogP contribution is 2.27. The van der Waals surface area contributed by atoms with E-state index in [1.54, 1.807) is 23.0 Å². The fraction of sp³-hybridized carbons (Fsp3) is 0.276. The zero-order chi connectivity index (χ0) is 26.6. The van der Waals surface area contributed by atoms with E-state index in [4.69, 9.17) is 5.73 Å². The van der Waals surface area contributed by atoms with Gasteiger partial charge in [0.05, 0.1) is 0 Å². The average Bonchev–Trinajstić information content (AvgIpc) is 3.37. The molecular formula is C29H34Cl3N7O2. The molecular weight excluding hydrogens is 585 g/mol. The fourth-order valence-electron chi connectivity index (χ4n) is 5.04. The molecule has 1 unspecified atom stereocenters. The van der Waals surface area contributed by atoms with Crippen LogP contribution in [0.4, 0.5) is 11.6 Å². The minimum absolute atomic E-state index is 0. The molecule has 3 N–H and O–H groups in total. The predicted molar refractivity (Wildman–Crippen MR) is 169 cm³/mol. The van der Waals surface area contributed by atoms with Crippen LogP contribution in [0.5, 0.6) is 0 Å². The number of amides is 1. The van der Waals surface area contributed by atoms with Gasteiger partial charge in [0.15, 0.2) is 5.82 Å². The molecule has 2 atom stereocenters. The lowest BCUT2D eigenvalue weighted by molar-refractivity contribution is -0.124. The van der Waals surface area contributed by atoms with E-state index in [0.717, 1.165) is 28.2 Å². The molecule has 1 amide bonds. The van der Waals surface area contributed by atoms with Crippen LogP contribution in [0.2, 0.25) is 0 Å². The molecule has 1 aromatic carbocycles. The van der Waals surface area contributed by atoms with E-state index in [2.05, 4.69) is 32.4 Å². The first-order valence-corrected chi connectivity index (χ1v) is 12.7. The van der Waals surface area contributed by atoms with Crippen molar-refractivity contribution in [2.45, 2.75) is 38.3 Å². The normalized spacial score (nSPS) is 14.0. The SMILES string of the molecule is Cc1nc(N)ccc1CNC(=O)[C@@H]1CCc2cnc(N(C)CC(c3ccccc3)c3ccccn3)c(=O)n21.Cl.Cl.Cl. The predicted octanol–water partition coefficient (Wildman–Crippen LogP) is 4.26. The van der Waals surface area contributed by atoms with Crippen molar-refractivity contribution in [2.24, 2.45) is 0 Å². The van der Waals surface area contributed by atoms with E-state index in [1.807, 2.05) is 61.3 Å². The number of hydrogen-bond donors (Lipinski definition) is 2. The van der Waals surface area contributed by atoms with E-state index >= 15 is 0 Å². The van der Waals surface area contributed by atoms with Gasteiger partial charge in [-0.3, -0.25) is 19.1 Å². The summed E-state index contributed by atoms with van der Waals surface area (Å²) in [6, 6.07) is 18.9.